The van der Waals surface area contributed by atoms with E-state index >= 15 is 0 Å². The van der Waals surface area contributed by atoms with E-state index in [2.05, 4.69) is 10.6 Å². The Balaban J connectivity index is 2.03. The zero-order valence-electron chi connectivity index (χ0n) is 12.9. The molecule has 0 atom stereocenters. The lowest BCUT2D eigenvalue weighted by Gasteiger charge is -2.09. The lowest BCUT2D eigenvalue weighted by atomic mass is 10.2. The van der Waals surface area contributed by atoms with Gasteiger partial charge >= 0.3 is 12.0 Å². The second-order valence-corrected chi connectivity index (χ2v) is 4.84. The van der Waals surface area contributed by atoms with Crippen LogP contribution in [-0.4, -0.2) is 18.6 Å². The fourth-order valence-electron chi connectivity index (χ4n) is 1.90. The molecule has 5 nitrogen and oxygen atoms in total. The van der Waals surface area contributed by atoms with Crippen LogP contribution in [0.25, 0.3) is 0 Å². The van der Waals surface area contributed by atoms with Crippen molar-refractivity contribution in [3.8, 4) is 0 Å². The van der Waals surface area contributed by atoms with Gasteiger partial charge in [-0.05, 0) is 49.7 Å². The Hall–Kier alpha value is -2.89. The molecule has 0 saturated heterocycles. The van der Waals surface area contributed by atoms with Crippen molar-refractivity contribution in [3.63, 3.8) is 0 Å². The van der Waals surface area contributed by atoms with Crippen molar-refractivity contribution in [2.24, 2.45) is 0 Å². The lowest BCUT2D eigenvalue weighted by molar-refractivity contribution is 0.0526. The van der Waals surface area contributed by atoms with Gasteiger partial charge in [0.05, 0.1) is 12.2 Å². The SMILES string of the molecule is CCOC(=O)c1cccc(NC(=O)Nc2ccc(C)c(F)c2)c1. The smallest absolute Gasteiger partial charge is 0.338 e. The maximum atomic E-state index is 13.4. The second kappa shape index (κ2) is 7.40. The fourth-order valence-corrected chi connectivity index (χ4v) is 1.90. The number of nitrogens with one attached hydrogen (secondary N) is 2. The third-order valence-electron chi connectivity index (χ3n) is 3.06. The Bertz CT molecular complexity index is 732. The summed E-state index contributed by atoms with van der Waals surface area (Å²) in [5.41, 5.74) is 1.61. The minimum absolute atomic E-state index is 0.274. The van der Waals surface area contributed by atoms with E-state index in [-0.39, 0.29) is 6.61 Å². The van der Waals surface area contributed by atoms with Crippen molar-refractivity contribution >= 4 is 23.4 Å². The van der Waals surface area contributed by atoms with Crippen molar-refractivity contribution in [1.82, 2.24) is 0 Å². The number of hydrogen-bond acceptors (Lipinski definition) is 3. The molecule has 0 bridgehead atoms. The molecule has 2 aromatic rings. The zero-order chi connectivity index (χ0) is 16.8. The van der Waals surface area contributed by atoms with Gasteiger partial charge in [0.15, 0.2) is 0 Å². The van der Waals surface area contributed by atoms with E-state index in [9.17, 15) is 14.0 Å². The van der Waals surface area contributed by atoms with E-state index in [1.807, 2.05) is 0 Å². The molecule has 0 aliphatic rings. The molecule has 2 aromatic carbocycles. The normalized spacial score (nSPS) is 10.0. The zero-order valence-corrected chi connectivity index (χ0v) is 12.9. The van der Waals surface area contributed by atoms with Crippen LogP contribution in [0.15, 0.2) is 42.5 Å². The summed E-state index contributed by atoms with van der Waals surface area (Å²) in [6, 6.07) is 10.3. The van der Waals surface area contributed by atoms with E-state index in [1.165, 1.54) is 12.1 Å². The third kappa shape index (κ3) is 4.54. The molecule has 2 N–H and O–H groups in total. The average molecular weight is 316 g/mol. The summed E-state index contributed by atoms with van der Waals surface area (Å²) < 4.78 is 18.3. The molecule has 0 spiro atoms. The summed E-state index contributed by atoms with van der Waals surface area (Å²) in [6.45, 7) is 3.63. The maximum Gasteiger partial charge on any atom is 0.338 e. The van der Waals surface area contributed by atoms with E-state index < -0.39 is 17.8 Å². The molecule has 2 rings (SSSR count). The predicted octanol–water partition coefficient (Wildman–Crippen LogP) is 3.95. The van der Waals surface area contributed by atoms with Crippen molar-refractivity contribution in [2.75, 3.05) is 17.2 Å². The minimum Gasteiger partial charge on any atom is -0.462 e. The van der Waals surface area contributed by atoms with E-state index in [4.69, 9.17) is 4.74 Å². The van der Waals surface area contributed by atoms with Crippen LogP contribution >= 0.6 is 0 Å². The first-order valence-electron chi connectivity index (χ1n) is 7.11. The van der Waals surface area contributed by atoms with E-state index in [0.29, 0.717) is 22.5 Å². The Kier molecular flexibility index (Phi) is 5.30. The Morgan fingerprint density at radius 3 is 2.43 bits per heavy atom. The number of anilines is 2. The molecule has 0 saturated carbocycles. The summed E-state index contributed by atoms with van der Waals surface area (Å²) in [4.78, 5) is 23.6. The highest BCUT2D eigenvalue weighted by atomic mass is 19.1. The standard InChI is InChI=1S/C17H17FN2O3/c1-3-23-16(21)12-5-4-6-13(9-12)19-17(22)20-14-8-7-11(2)15(18)10-14/h4-10H,3H2,1-2H3,(H2,19,20,22). The van der Waals surface area contributed by atoms with Gasteiger partial charge in [-0.15, -0.1) is 0 Å². The number of hydrogen-bond donors (Lipinski definition) is 2. The van der Waals surface area contributed by atoms with Gasteiger partial charge in [0.2, 0.25) is 0 Å². The number of amides is 2. The molecule has 0 aliphatic carbocycles. The Morgan fingerprint density at radius 2 is 1.78 bits per heavy atom. The number of halogens is 1. The molecule has 0 unspecified atom stereocenters. The van der Waals surface area contributed by atoms with Gasteiger partial charge in [-0.2, -0.15) is 0 Å². The number of carbonyl (C=O) groups excluding carboxylic acids is 2. The molecule has 6 heteroatoms. The molecule has 120 valence electrons. The maximum absolute atomic E-state index is 13.4. The van der Waals surface area contributed by atoms with Crippen LogP contribution in [0, 0.1) is 12.7 Å². The van der Waals surface area contributed by atoms with Gasteiger partial charge in [0.25, 0.3) is 0 Å². The van der Waals surface area contributed by atoms with Crippen molar-refractivity contribution in [3.05, 3.63) is 59.4 Å². The number of urea groups is 1. The number of benzene rings is 2. The van der Waals surface area contributed by atoms with Crippen molar-refractivity contribution in [2.45, 2.75) is 13.8 Å². The van der Waals surface area contributed by atoms with Crippen molar-refractivity contribution < 1.29 is 18.7 Å². The summed E-state index contributed by atoms with van der Waals surface area (Å²) in [5, 5.41) is 5.11. The van der Waals surface area contributed by atoms with Crippen LogP contribution in [0.3, 0.4) is 0 Å². The average Bonchev–Trinajstić information content (AvgIpc) is 2.51. The largest absolute Gasteiger partial charge is 0.462 e. The summed E-state index contributed by atoms with van der Waals surface area (Å²) >= 11 is 0. The number of esters is 1. The molecule has 0 radical (unpaired) electrons. The number of ether oxygens (including phenoxy) is 1. The van der Waals surface area contributed by atoms with Gasteiger partial charge in [0, 0.05) is 11.4 Å². The highest BCUT2D eigenvalue weighted by Gasteiger charge is 2.09. The van der Waals surface area contributed by atoms with Gasteiger partial charge in [-0.1, -0.05) is 12.1 Å². The Morgan fingerprint density at radius 1 is 1.09 bits per heavy atom. The quantitative estimate of drug-likeness (QED) is 0.839. The number of carbonyl (C=O) groups is 2. The van der Waals surface area contributed by atoms with Crippen molar-refractivity contribution in [1.29, 1.82) is 0 Å². The van der Waals surface area contributed by atoms with Crippen LogP contribution in [0.2, 0.25) is 0 Å². The van der Waals surface area contributed by atoms with Gasteiger partial charge in [0.1, 0.15) is 5.82 Å². The molecule has 0 heterocycles. The summed E-state index contributed by atoms with van der Waals surface area (Å²) in [5.74, 6) is -0.857. The summed E-state index contributed by atoms with van der Waals surface area (Å²) in [7, 11) is 0. The van der Waals surface area contributed by atoms with Crippen LogP contribution in [0.4, 0.5) is 20.6 Å². The van der Waals surface area contributed by atoms with Crippen LogP contribution in [0.1, 0.15) is 22.8 Å². The first kappa shape index (κ1) is 16.5. The highest BCUT2D eigenvalue weighted by molar-refractivity contribution is 6.00. The second-order valence-electron chi connectivity index (χ2n) is 4.84. The van der Waals surface area contributed by atoms with Crippen LogP contribution in [-0.2, 0) is 4.74 Å². The monoisotopic (exact) mass is 316 g/mol. The molecule has 0 fully saturated rings. The van der Waals surface area contributed by atoms with Gasteiger partial charge < -0.3 is 15.4 Å². The summed E-state index contributed by atoms with van der Waals surface area (Å²) in [6.07, 6.45) is 0. The molecule has 23 heavy (non-hydrogen) atoms. The minimum atomic E-state index is -0.533. The van der Waals surface area contributed by atoms with Gasteiger partial charge in [-0.25, -0.2) is 14.0 Å². The van der Waals surface area contributed by atoms with Crippen LogP contribution in [0.5, 0.6) is 0 Å². The molecular weight excluding hydrogens is 299 g/mol. The molecule has 0 aromatic heterocycles. The van der Waals surface area contributed by atoms with Crippen LogP contribution < -0.4 is 10.6 Å². The number of aryl methyl sites for hydroxylation is 1. The lowest BCUT2D eigenvalue weighted by Crippen LogP contribution is -2.19. The molecular formula is C17H17FN2O3. The van der Waals surface area contributed by atoms with Gasteiger partial charge in [-0.3, -0.25) is 0 Å². The highest BCUT2D eigenvalue weighted by Crippen LogP contribution is 2.15. The number of rotatable bonds is 4. The molecule has 2 amide bonds. The third-order valence-corrected chi connectivity index (χ3v) is 3.06. The first-order chi connectivity index (χ1) is 11.0. The van der Waals surface area contributed by atoms with E-state index in [1.54, 1.807) is 44.2 Å². The predicted molar refractivity (Wildman–Crippen MR) is 86.2 cm³/mol. The fraction of sp³-hybridized carbons (Fsp3) is 0.176. The topological polar surface area (TPSA) is 67.4 Å². The Labute approximate surface area is 133 Å². The molecule has 0 aliphatic heterocycles. The van der Waals surface area contributed by atoms with E-state index in [0.717, 1.165) is 0 Å². The first-order valence-corrected chi connectivity index (χ1v) is 7.11.